The summed E-state index contributed by atoms with van der Waals surface area (Å²) in [4.78, 5) is 1.11. The fourth-order valence-electron chi connectivity index (χ4n) is 1.78. The number of thiophene rings is 1. The van der Waals surface area contributed by atoms with Gasteiger partial charge in [-0.15, -0.1) is 11.3 Å². The lowest BCUT2D eigenvalue weighted by Gasteiger charge is -2.17. The van der Waals surface area contributed by atoms with E-state index in [1.807, 2.05) is 30.3 Å². The summed E-state index contributed by atoms with van der Waals surface area (Å²) in [7, 11) is 0. The molecule has 0 saturated carbocycles. The van der Waals surface area contributed by atoms with Gasteiger partial charge in [0.2, 0.25) is 0 Å². The first kappa shape index (κ1) is 14.9. The Labute approximate surface area is 130 Å². The third kappa shape index (κ3) is 3.72. The number of hydrogen-bond acceptors (Lipinski definition) is 3. The minimum Gasteiger partial charge on any atom is -0.484 e. The molecule has 5 heteroatoms. The molecule has 0 aliphatic rings. The van der Waals surface area contributed by atoms with E-state index in [9.17, 15) is 0 Å². The molecule has 1 aromatic carbocycles. The molecule has 0 fully saturated rings. The summed E-state index contributed by atoms with van der Waals surface area (Å²) in [6.45, 7) is 2.51. The van der Waals surface area contributed by atoms with Crippen molar-refractivity contribution in [3.8, 4) is 5.75 Å². The van der Waals surface area contributed by atoms with Gasteiger partial charge in [0.1, 0.15) is 11.9 Å². The summed E-state index contributed by atoms with van der Waals surface area (Å²) in [5.74, 6) is 0.807. The fraction of sp³-hybridized carbons (Fsp3) is 0.286. The first-order valence-electron chi connectivity index (χ1n) is 6.04. The van der Waals surface area contributed by atoms with Crippen molar-refractivity contribution in [1.82, 2.24) is 0 Å². The van der Waals surface area contributed by atoms with Crippen molar-refractivity contribution < 1.29 is 4.74 Å². The monoisotopic (exact) mass is 359 g/mol. The predicted octanol–water partition coefficient (Wildman–Crippen LogP) is 4.81. The molecular weight excluding hydrogens is 346 g/mol. The van der Waals surface area contributed by atoms with Gasteiger partial charge in [0.25, 0.3) is 0 Å². The highest BCUT2D eigenvalue weighted by Gasteiger charge is 2.14. The van der Waals surface area contributed by atoms with Crippen molar-refractivity contribution >= 4 is 38.9 Å². The molecular formula is C14H15BrClNOS. The summed E-state index contributed by atoms with van der Waals surface area (Å²) >= 11 is 11.2. The average molecular weight is 361 g/mol. The largest absolute Gasteiger partial charge is 0.484 e. The van der Waals surface area contributed by atoms with Crippen LogP contribution in [0.2, 0.25) is 5.02 Å². The summed E-state index contributed by atoms with van der Waals surface area (Å²) in [6, 6.07) is 9.77. The molecule has 0 aliphatic heterocycles. The van der Waals surface area contributed by atoms with Crippen molar-refractivity contribution in [2.24, 2.45) is 5.73 Å². The molecule has 1 heterocycles. The maximum Gasteiger partial charge on any atom is 0.145 e. The van der Waals surface area contributed by atoms with E-state index in [4.69, 9.17) is 22.1 Å². The summed E-state index contributed by atoms with van der Waals surface area (Å²) in [5.41, 5.74) is 6.89. The van der Waals surface area contributed by atoms with E-state index >= 15 is 0 Å². The van der Waals surface area contributed by atoms with E-state index in [-0.39, 0.29) is 6.10 Å². The van der Waals surface area contributed by atoms with E-state index < -0.39 is 0 Å². The third-order valence-corrected chi connectivity index (χ3v) is 4.89. The van der Waals surface area contributed by atoms with Gasteiger partial charge in [0, 0.05) is 16.4 Å². The fourth-order valence-corrected chi connectivity index (χ4v) is 3.50. The highest BCUT2D eigenvalue weighted by atomic mass is 79.9. The van der Waals surface area contributed by atoms with Crippen molar-refractivity contribution in [3.05, 3.63) is 49.6 Å². The standard InChI is InChI=1S/C14H15BrClNOS/c1-2-9-7-10(3-4-11(9)16)18-12(8-17)13-5-6-14(15)19-13/h3-7,12H,2,8,17H2,1H3. The van der Waals surface area contributed by atoms with Crippen LogP contribution in [-0.4, -0.2) is 6.54 Å². The molecule has 0 spiro atoms. The van der Waals surface area contributed by atoms with Crippen molar-refractivity contribution in [3.63, 3.8) is 0 Å². The van der Waals surface area contributed by atoms with E-state index in [1.165, 1.54) is 0 Å². The summed E-state index contributed by atoms with van der Waals surface area (Å²) in [6.07, 6.45) is 0.760. The molecule has 0 saturated heterocycles. The molecule has 2 nitrogen and oxygen atoms in total. The van der Waals surface area contributed by atoms with Crippen LogP contribution in [0.4, 0.5) is 0 Å². The zero-order chi connectivity index (χ0) is 13.8. The molecule has 19 heavy (non-hydrogen) atoms. The number of ether oxygens (including phenoxy) is 1. The van der Waals surface area contributed by atoms with Crippen LogP contribution in [0.3, 0.4) is 0 Å². The van der Waals surface area contributed by atoms with Crippen molar-refractivity contribution in [2.45, 2.75) is 19.4 Å². The Morgan fingerprint density at radius 3 is 2.74 bits per heavy atom. The highest BCUT2D eigenvalue weighted by Crippen LogP contribution is 2.31. The lowest BCUT2D eigenvalue weighted by Crippen LogP contribution is -2.17. The molecule has 2 rings (SSSR count). The molecule has 0 aliphatic carbocycles. The number of hydrogen-bond donors (Lipinski definition) is 1. The van der Waals surface area contributed by atoms with Gasteiger partial charge in [-0.05, 0) is 58.2 Å². The number of rotatable bonds is 5. The summed E-state index contributed by atoms with van der Waals surface area (Å²) in [5, 5.41) is 0.776. The molecule has 0 amide bonds. The molecule has 0 bridgehead atoms. The average Bonchev–Trinajstić information content (AvgIpc) is 2.84. The normalized spacial score (nSPS) is 12.4. The van der Waals surface area contributed by atoms with Gasteiger partial charge in [-0.2, -0.15) is 0 Å². The number of nitrogens with two attached hydrogens (primary N) is 1. The van der Waals surface area contributed by atoms with Crippen LogP contribution >= 0.6 is 38.9 Å². The molecule has 1 atom stereocenters. The molecule has 2 N–H and O–H groups in total. The third-order valence-electron chi connectivity index (χ3n) is 2.80. The SMILES string of the molecule is CCc1cc(OC(CN)c2ccc(Br)s2)ccc1Cl. The Balaban J connectivity index is 2.18. The van der Waals surface area contributed by atoms with E-state index in [2.05, 4.69) is 22.9 Å². The van der Waals surface area contributed by atoms with Gasteiger partial charge in [0.05, 0.1) is 3.79 Å². The van der Waals surface area contributed by atoms with Crippen LogP contribution in [0, 0.1) is 0 Å². The number of halogens is 2. The van der Waals surface area contributed by atoms with Crippen LogP contribution in [0.1, 0.15) is 23.5 Å². The first-order valence-corrected chi connectivity index (χ1v) is 8.03. The molecule has 1 unspecified atom stereocenters. The van der Waals surface area contributed by atoms with Gasteiger partial charge >= 0.3 is 0 Å². The van der Waals surface area contributed by atoms with Crippen molar-refractivity contribution in [2.75, 3.05) is 6.54 Å². The predicted molar refractivity (Wildman–Crippen MR) is 85.3 cm³/mol. The quantitative estimate of drug-likeness (QED) is 0.831. The topological polar surface area (TPSA) is 35.2 Å². The Bertz CT molecular complexity index is 558. The second-order valence-corrected chi connectivity index (χ2v) is 6.99. The number of aryl methyl sites for hydroxylation is 1. The minimum atomic E-state index is -0.123. The van der Waals surface area contributed by atoms with E-state index in [0.717, 1.165) is 31.4 Å². The van der Waals surface area contributed by atoms with Crippen LogP contribution in [0.25, 0.3) is 0 Å². The zero-order valence-corrected chi connectivity index (χ0v) is 13.7. The second kappa shape index (κ2) is 6.75. The van der Waals surface area contributed by atoms with Crippen LogP contribution < -0.4 is 10.5 Å². The van der Waals surface area contributed by atoms with Crippen LogP contribution in [-0.2, 0) is 6.42 Å². The smallest absolute Gasteiger partial charge is 0.145 e. The summed E-state index contributed by atoms with van der Waals surface area (Å²) < 4.78 is 7.05. The Kier molecular flexibility index (Phi) is 5.28. The van der Waals surface area contributed by atoms with Gasteiger partial charge < -0.3 is 10.5 Å². The Hall–Kier alpha value is -0.550. The van der Waals surface area contributed by atoms with E-state index in [1.54, 1.807) is 11.3 Å². The van der Waals surface area contributed by atoms with Crippen LogP contribution in [0.5, 0.6) is 5.75 Å². The van der Waals surface area contributed by atoms with Crippen molar-refractivity contribution in [1.29, 1.82) is 0 Å². The molecule has 2 aromatic rings. The zero-order valence-electron chi connectivity index (χ0n) is 10.5. The maximum absolute atomic E-state index is 6.10. The van der Waals surface area contributed by atoms with E-state index in [0.29, 0.717) is 6.54 Å². The first-order chi connectivity index (χ1) is 9.13. The Morgan fingerprint density at radius 2 is 2.16 bits per heavy atom. The molecule has 0 radical (unpaired) electrons. The van der Waals surface area contributed by atoms with Crippen LogP contribution in [0.15, 0.2) is 34.1 Å². The van der Waals surface area contributed by atoms with Gasteiger partial charge in [-0.3, -0.25) is 0 Å². The van der Waals surface area contributed by atoms with Gasteiger partial charge in [0.15, 0.2) is 0 Å². The number of benzene rings is 1. The lowest BCUT2D eigenvalue weighted by atomic mass is 10.1. The van der Waals surface area contributed by atoms with Gasteiger partial charge in [-0.25, -0.2) is 0 Å². The maximum atomic E-state index is 6.10. The second-order valence-electron chi connectivity index (χ2n) is 4.09. The molecule has 1 aromatic heterocycles. The Morgan fingerprint density at radius 1 is 1.37 bits per heavy atom. The minimum absolute atomic E-state index is 0.123. The molecule has 102 valence electrons. The van der Waals surface area contributed by atoms with Gasteiger partial charge in [-0.1, -0.05) is 18.5 Å². The highest BCUT2D eigenvalue weighted by molar-refractivity contribution is 9.11. The lowest BCUT2D eigenvalue weighted by molar-refractivity contribution is 0.218.